The fraction of sp³-hybridized carbons (Fsp3) is 0.944. The first-order chi connectivity index (χ1) is 10.5. The molecule has 3 aliphatic rings. The van der Waals surface area contributed by atoms with Crippen molar-refractivity contribution >= 4 is 18.3 Å². The Balaban J connectivity index is 0.00000192. The summed E-state index contributed by atoms with van der Waals surface area (Å²) in [5, 5.41) is 3.41. The minimum atomic E-state index is 0. The van der Waals surface area contributed by atoms with Crippen molar-refractivity contribution in [1.82, 2.24) is 15.1 Å². The van der Waals surface area contributed by atoms with Gasteiger partial charge in [-0.2, -0.15) is 0 Å². The second-order valence-electron chi connectivity index (χ2n) is 8.40. The Bertz CT molecular complexity index is 396. The average molecular weight is 344 g/mol. The van der Waals surface area contributed by atoms with Crippen LogP contribution in [0.1, 0.15) is 52.4 Å². The number of hydrogen-bond acceptors (Lipinski definition) is 3. The van der Waals surface area contributed by atoms with E-state index < -0.39 is 0 Å². The summed E-state index contributed by atoms with van der Waals surface area (Å²) in [7, 11) is 0. The van der Waals surface area contributed by atoms with Crippen LogP contribution in [0.25, 0.3) is 0 Å². The Morgan fingerprint density at radius 3 is 2.61 bits per heavy atom. The van der Waals surface area contributed by atoms with Crippen LogP contribution in [-0.2, 0) is 4.79 Å². The lowest BCUT2D eigenvalue weighted by molar-refractivity contribution is -0.131. The van der Waals surface area contributed by atoms with Crippen LogP contribution in [-0.4, -0.2) is 61.0 Å². The summed E-state index contributed by atoms with van der Waals surface area (Å²) >= 11 is 0. The minimum absolute atomic E-state index is 0. The number of nitrogens with one attached hydrogen (secondary N) is 1. The Labute approximate surface area is 147 Å². The summed E-state index contributed by atoms with van der Waals surface area (Å²) < 4.78 is 0. The molecule has 0 spiro atoms. The molecule has 2 unspecified atom stereocenters. The maximum Gasteiger partial charge on any atom is 0.222 e. The van der Waals surface area contributed by atoms with Gasteiger partial charge in [0.1, 0.15) is 0 Å². The van der Waals surface area contributed by atoms with Gasteiger partial charge in [-0.25, -0.2) is 0 Å². The number of carbonyl (C=O) groups excluding carboxylic acids is 1. The first-order valence-electron chi connectivity index (χ1n) is 9.26. The van der Waals surface area contributed by atoms with E-state index in [-0.39, 0.29) is 12.4 Å². The first kappa shape index (κ1) is 19.0. The Morgan fingerprint density at radius 1 is 1.17 bits per heavy atom. The molecule has 3 rings (SSSR count). The maximum atomic E-state index is 12.6. The first-order valence-corrected chi connectivity index (χ1v) is 9.26. The highest BCUT2D eigenvalue weighted by Crippen LogP contribution is 2.40. The molecule has 4 nitrogen and oxygen atoms in total. The van der Waals surface area contributed by atoms with Gasteiger partial charge in [0.2, 0.25) is 5.91 Å². The summed E-state index contributed by atoms with van der Waals surface area (Å²) in [6.45, 7) is 11.1. The minimum Gasteiger partial charge on any atom is -0.341 e. The van der Waals surface area contributed by atoms with Crippen molar-refractivity contribution in [3.63, 3.8) is 0 Å². The molecule has 2 atom stereocenters. The molecule has 0 bridgehead atoms. The van der Waals surface area contributed by atoms with Gasteiger partial charge in [0.05, 0.1) is 0 Å². The molecule has 2 saturated heterocycles. The molecule has 5 heteroatoms. The Kier molecular flexibility index (Phi) is 6.76. The second kappa shape index (κ2) is 8.17. The quantitative estimate of drug-likeness (QED) is 0.855. The van der Waals surface area contributed by atoms with E-state index in [4.69, 9.17) is 0 Å². The normalized spacial score (nSPS) is 31.7. The number of piperazine rings is 1. The third-order valence-electron chi connectivity index (χ3n) is 5.95. The topological polar surface area (TPSA) is 35.6 Å². The van der Waals surface area contributed by atoms with Gasteiger partial charge in [-0.1, -0.05) is 20.3 Å². The number of rotatable bonds is 3. The van der Waals surface area contributed by atoms with Crippen LogP contribution in [0.3, 0.4) is 0 Å². The molecule has 1 amide bonds. The summed E-state index contributed by atoms with van der Waals surface area (Å²) in [6.07, 6.45) is 7.07. The van der Waals surface area contributed by atoms with Crippen molar-refractivity contribution in [3.8, 4) is 0 Å². The van der Waals surface area contributed by atoms with Gasteiger partial charge in [0.25, 0.3) is 0 Å². The molecular weight excluding hydrogens is 310 g/mol. The molecule has 0 aromatic heterocycles. The van der Waals surface area contributed by atoms with E-state index in [2.05, 4.69) is 29.0 Å². The van der Waals surface area contributed by atoms with Gasteiger partial charge in [0, 0.05) is 51.7 Å². The summed E-state index contributed by atoms with van der Waals surface area (Å²) in [4.78, 5) is 17.4. The van der Waals surface area contributed by atoms with E-state index in [0.29, 0.717) is 23.3 Å². The summed E-state index contributed by atoms with van der Waals surface area (Å²) in [6, 6.07) is 0.605. The Morgan fingerprint density at radius 2 is 1.91 bits per heavy atom. The van der Waals surface area contributed by atoms with Crippen LogP contribution in [0, 0.1) is 11.3 Å². The molecule has 2 aliphatic heterocycles. The van der Waals surface area contributed by atoms with Crippen LogP contribution < -0.4 is 5.32 Å². The van der Waals surface area contributed by atoms with Gasteiger partial charge in [-0.15, -0.1) is 12.4 Å². The molecule has 0 radical (unpaired) electrons. The van der Waals surface area contributed by atoms with Crippen molar-refractivity contribution in [3.05, 3.63) is 0 Å². The zero-order valence-electron chi connectivity index (χ0n) is 14.9. The molecule has 3 fully saturated rings. The molecule has 23 heavy (non-hydrogen) atoms. The van der Waals surface area contributed by atoms with Gasteiger partial charge in [-0.3, -0.25) is 9.69 Å². The predicted octanol–water partition coefficient (Wildman–Crippen LogP) is 2.52. The van der Waals surface area contributed by atoms with Crippen LogP contribution >= 0.6 is 12.4 Å². The number of carbonyl (C=O) groups is 1. The van der Waals surface area contributed by atoms with E-state index in [1.807, 2.05) is 0 Å². The largest absolute Gasteiger partial charge is 0.341 e. The number of amides is 1. The van der Waals surface area contributed by atoms with Crippen molar-refractivity contribution in [1.29, 1.82) is 0 Å². The standard InChI is InChI=1S/C18H33N3O.ClH/c1-18(2)6-3-4-15(13-18)12-17(22)21-9-5-16(14-21)20-10-7-19-8-11-20;/h15-16,19H,3-14H2,1-2H3;1H. The van der Waals surface area contributed by atoms with Crippen molar-refractivity contribution in [2.45, 2.75) is 58.4 Å². The number of hydrogen-bond donors (Lipinski definition) is 1. The van der Waals surface area contributed by atoms with Crippen LogP contribution in [0.15, 0.2) is 0 Å². The van der Waals surface area contributed by atoms with E-state index in [9.17, 15) is 4.79 Å². The van der Waals surface area contributed by atoms with E-state index in [1.54, 1.807) is 0 Å². The van der Waals surface area contributed by atoms with E-state index in [0.717, 1.165) is 45.7 Å². The highest BCUT2D eigenvalue weighted by molar-refractivity contribution is 5.85. The highest BCUT2D eigenvalue weighted by Gasteiger charge is 2.34. The molecule has 0 aromatic rings. The maximum absolute atomic E-state index is 12.6. The zero-order valence-corrected chi connectivity index (χ0v) is 15.7. The van der Waals surface area contributed by atoms with Crippen molar-refractivity contribution in [2.24, 2.45) is 11.3 Å². The monoisotopic (exact) mass is 343 g/mol. The second-order valence-corrected chi connectivity index (χ2v) is 8.40. The fourth-order valence-corrected chi connectivity index (χ4v) is 4.72. The van der Waals surface area contributed by atoms with Crippen LogP contribution in [0.4, 0.5) is 0 Å². The van der Waals surface area contributed by atoms with Crippen molar-refractivity contribution in [2.75, 3.05) is 39.3 Å². The third-order valence-corrected chi connectivity index (χ3v) is 5.95. The number of likely N-dealkylation sites (tertiary alicyclic amines) is 1. The molecule has 0 aromatic carbocycles. The van der Waals surface area contributed by atoms with Gasteiger partial charge < -0.3 is 10.2 Å². The molecule has 2 heterocycles. The smallest absolute Gasteiger partial charge is 0.222 e. The average Bonchev–Trinajstić information content (AvgIpc) is 2.97. The lowest BCUT2D eigenvalue weighted by Crippen LogP contribution is -2.49. The lowest BCUT2D eigenvalue weighted by atomic mass is 9.71. The van der Waals surface area contributed by atoms with Crippen molar-refractivity contribution < 1.29 is 4.79 Å². The molecular formula is C18H34ClN3O. The number of nitrogens with zero attached hydrogens (tertiary/aromatic N) is 2. The zero-order chi connectivity index (χ0) is 15.6. The Hall–Kier alpha value is -0.320. The van der Waals surface area contributed by atoms with Gasteiger partial charge in [-0.05, 0) is 37.0 Å². The van der Waals surface area contributed by atoms with Gasteiger partial charge in [0.15, 0.2) is 0 Å². The SMILES string of the molecule is CC1(C)CCCC(CC(=O)N2CCC(N3CCNCC3)C2)C1.Cl. The predicted molar refractivity (Wildman–Crippen MR) is 97.0 cm³/mol. The van der Waals surface area contributed by atoms with Gasteiger partial charge >= 0.3 is 0 Å². The lowest BCUT2D eigenvalue weighted by Gasteiger charge is -2.35. The highest BCUT2D eigenvalue weighted by atomic mass is 35.5. The summed E-state index contributed by atoms with van der Waals surface area (Å²) in [5.41, 5.74) is 0.442. The molecule has 1 saturated carbocycles. The molecule has 1 N–H and O–H groups in total. The van der Waals surface area contributed by atoms with Crippen LogP contribution in [0.2, 0.25) is 0 Å². The third kappa shape index (κ3) is 5.07. The fourth-order valence-electron chi connectivity index (χ4n) is 4.72. The number of halogens is 1. The summed E-state index contributed by atoms with van der Waals surface area (Å²) in [5.74, 6) is 1.04. The molecule has 134 valence electrons. The molecule has 1 aliphatic carbocycles. The van der Waals surface area contributed by atoms with E-state index >= 15 is 0 Å². The van der Waals surface area contributed by atoms with Crippen LogP contribution in [0.5, 0.6) is 0 Å². The van der Waals surface area contributed by atoms with E-state index in [1.165, 1.54) is 32.1 Å².